The van der Waals surface area contributed by atoms with Gasteiger partial charge < -0.3 is 10.7 Å². The Hall–Kier alpha value is -0.870. The van der Waals surface area contributed by atoms with E-state index in [0.717, 1.165) is 21.9 Å². The summed E-state index contributed by atoms with van der Waals surface area (Å²) in [5.41, 5.74) is 9.00. The molecular weight excluding hydrogens is 242 g/mol. The van der Waals surface area contributed by atoms with E-state index in [2.05, 4.69) is 38.0 Å². The van der Waals surface area contributed by atoms with Crippen LogP contribution in [0.4, 0.5) is 0 Å². The molecule has 1 aromatic heterocycles. The number of rotatable bonds is 2. The zero-order valence-corrected chi connectivity index (χ0v) is 9.51. The molecule has 0 fully saturated rings. The number of aromatic amines is 1. The first-order valence-corrected chi connectivity index (χ1v) is 5.33. The summed E-state index contributed by atoms with van der Waals surface area (Å²) in [5.74, 6) is 0. The molecule has 2 aromatic rings. The van der Waals surface area contributed by atoms with E-state index >= 15 is 0 Å². The van der Waals surface area contributed by atoms with E-state index < -0.39 is 0 Å². The van der Waals surface area contributed by atoms with Gasteiger partial charge in [0.2, 0.25) is 0 Å². The number of nitrogens with zero attached hydrogens (tertiary/aromatic N) is 1. The first-order valence-electron chi connectivity index (χ1n) is 4.54. The molecule has 0 radical (unpaired) electrons. The highest BCUT2D eigenvalue weighted by Crippen LogP contribution is 2.23. The van der Waals surface area contributed by atoms with Gasteiger partial charge in [-0.3, -0.25) is 0 Å². The highest BCUT2D eigenvalue weighted by atomic mass is 79.9. The molecule has 0 spiro atoms. The lowest BCUT2D eigenvalue weighted by Gasteiger charge is -2.05. The maximum Gasteiger partial charge on any atom is 0.102 e. The van der Waals surface area contributed by atoms with E-state index in [1.165, 1.54) is 5.56 Å². The minimum Gasteiger partial charge on any atom is -0.345 e. The van der Waals surface area contributed by atoms with Crippen LogP contribution in [0.25, 0.3) is 11.0 Å². The third kappa shape index (κ3) is 1.81. The molecule has 1 heterocycles. The fourth-order valence-electron chi connectivity index (χ4n) is 1.55. The average molecular weight is 254 g/mol. The Kier molecular flexibility index (Phi) is 2.56. The van der Waals surface area contributed by atoms with Crippen molar-refractivity contribution in [2.24, 2.45) is 5.73 Å². The minimum atomic E-state index is 0.183. The number of H-pyrrole nitrogens is 1. The summed E-state index contributed by atoms with van der Waals surface area (Å²) in [7, 11) is 0. The van der Waals surface area contributed by atoms with Gasteiger partial charge in [-0.2, -0.15) is 0 Å². The lowest BCUT2D eigenvalue weighted by atomic mass is 10.1. The largest absolute Gasteiger partial charge is 0.345 e. The molecule has 2 rings (SSSR count). The molecule has 0 saturated heterocycles. The van der Waals surface area contributed by atoms with Gasteiger partial charge in [0.15, 0.2) is 0 Å². The third-order valence-corrected chi connectivity index (χ3v) is 2.70. The summed E-state index contributed by atoms with van der Waals surface area (Å²) in [5, 5.41) is 0. The molecule has 3 N–H and O–H groups in total. The van der Waals surface area contributed by atoms with Gasteiger partial charge in [0.25, 0.3) is 0 Å². The molecule has 0 saturated carbocycles. The Labute approximate surface area is 90.8 Å². The molecule has 0 aliphatic rings. The highest BCUT2D eigenvalue weighted by Gasteiger charge is 2.05. The number of hydrogen-bond acceptors (Lipinski definition) is 2. The summed E-state index contributed by atoms with van der Waals surface area (Å²) in [6, 6.07) is 4.35. The van der Waals surface area contributed by atoms with Gasteiger partial charge >= 0.3 is 0 Å². The predicted molar refractivity (Wildman–Crippen MR) is 61.1 cm³/mol. The molecule has 0 bridgehead atoms. The van der Waals surface area contributed by atoms with Gasteiger partial charge in [-0.25, -0.2) is 4.98 Å². The van der Waals surface area contributed by atoms with Crippen LogP contribution in [0.5, 0.6) is 0 Å². The molecule has 0 aliphatic heterocycles. The lowest BCUT2D eigenvalue weighted by Crippen LogP contribution is -2.17. The van der Waals surface area contributed by atoms with E-state index in [9.17, 15) is 0 Å². The van der Waals surface area contributed by atoms with Gasteiger partial charge in [0.05, 0.1) is 11.8 Å². The molecule has 0 amide bonds. The fourth-order valence-corrected chi connectivity index (χ4v) is 2.16. The van der Waals surface area contributed by atoms with Crippen molar-refractivity contribution in [2.75, 3.05) is 0 Å². The monoisotopic (exact) mass is 253 g/mol. The van der Waals surface area contributed by atoms with Crippen LogP contribution in [0, 0.1) is 0 Å². The van der Waals surface area contributed by atoms with E-state index in [1.807, 2.05) is 6.92 Å². The standard InChI is InChI=1S/C10H12BrN3/c1-6(12)2-7-3-8(11)10-9(4-7)13-5-14-10/h3-6H,2,12H2,1H3,(H,13,14). The number of nitrogens with two attached hydrogens (primary N) is 1. The van der Waals surface area contributed by atoms with Crippen LogP contribution < -0.4 is 5.73 Å². The third-order valence-electron chi connectivity index (χ3n) is 2.09. The lowest BCUT2D eigenvalue weighted by molar-refractivity contribution is 0.738. The number of hydrogen-bond donors (Lipinski definition) is 2. The SMILES string of the molecule is CC(N)Cc1cc(Br)c2nc[nH]c2c1. The molecule has 1 atom stereocenters. The average Bonchev–Trinajstić information content (AvgIpc) is 2.50. The molecule has 14 heavy (non-hydrogen) atoms. The van der Waals surface area contributed by atoms with Crippen molar-refractivity contribution in [2.45, 2.75) is 19.4 Å². The number of benzene rings is 1. The predicted octanol–water partition coefficient (Wildman–Crippen LogP) is 2.22. The molecule has 1 unspecified atom stereocenters. The molecule has 0 aliphatic carbocycles. The molecule has 1 aromatic carbocycles. The van der Waals surface area contributed by atoms with Crippen LogP contribution in [0.1, 0.15) is 12.5 Å². The highest BCUT2D eigenvalue weighted by molar-refractivity contribution is 9.10. The van der Waals surface area contributed by atoms with E-state index in [4.69, 9.17) is 5.73 Å². The maximum atomic E-state index is 5.75. The van der Waals surface area contributed by atoms with Crippen LogP contribution in [0.3, 0.4) is 0 Å². The minimum absolute atomic E-state index is 0.183. The molecule has 4 heteroatoms. The first kappa shape index (κ1) is 9.68. The van der Waals surface area contributed by atoms with Crippen molar-refractivity contribution < 1.29 is 0 Å². The topological polar surface area (TPSA) is 54.7 Å². The van der Waals surface area contributed by atoms with Gasteiger partial charge in [-0.15, -0.1) is 0 Å². The Morgan fingerprint density at radius 1 is 1.57 bits per heavy atom. The Morgan fingerprint density at radius 3 is 3.07 bits per heavy atom. The van der Waals surface area contributed by atoms with Gasteiger partial charge in [-0.1, -0.05) is 0 Å². The van der Waals surface area contributed by atoms with Crippen LogP contribution in [-0.2, 0) is 6.42 Å². The van der Waals surface area contributed by atoms with Crippen molar-refractivity contribution in [1.29, 1.82) is 0 Å². The number of imidazole rings is 1. The quantitative estimate of drug-likeness (QED) is 0.863. The Morgan fingerprint density at radius 2 is 2.36 bits per heavy atom. The fraction of sp³-hybridized carbons (Fsp3) is 0.300. The second-order valence-electron chi connectivity index (χ2n) is 3.56. The zero-order chi connectivity index (χ0) is 10.1. The van der Waals surface area contributed by atoms with Crippen molar-refractivity contribution in [3.8, 4) is 0 Å². The van der Waals surface area contributed by atoms with Crippen molar-refractivity contribution in [3.05, 3.63) is 28.5 Å². The second-order valence-corrected chi connectivity index (χ2v) is 4.41. The van der Waals surface area contributed by atoms with Crippen LogP contribution in [-0.4, -0.2) is 16.0 Å². The van der Waals surface area contributed by atoms with Gasteiger partial charge in [0.1, 0.15) is 5.52 Å². The molecular formula is C10H12BrN3. The number of nitrogens with one attached hydrogen (secondary N) is 1. The smallest absolute Gasteiger partial charge is 0.102 e. The van der Waals surface area contributed by atoms with Gasteiger partial charge in [0, 0.05) is 10.5 Å². The van der Waals surface area contributed by atoms with Crippen LogP contribution >= 0.6 is 15.9 Å². The molecule has 74 valence electrons. The van der Waals surface area contributed by atoms with E-state index in [-0.39, 0.29) is 6.04 Å². The number of fused-ring (bicyclic) bond motifs is 1. The zero-order valence-electron chi connectivity index (χ0n) is 7.92. The van der Waals surface area contributed by atoms with E-state index in [1.54, 1.807) is 6.33 Å². The number of halogens is 1. The van der Waals surface area contributed by atoms with Crippen molar-refractivity contribution in [3.63, 3.8) is 0 Å². The van der Waals surface area contributed by atoms with Crippen molar-refractivity contribution >= 4 is 27.0 Å². The second kappa shape index (κ2) is 3.71. The van der Waals surface area contributed by atoms with Crippen molar-refractivity contribution in [1.82, 2.24) is 9.97 Å². The van der Waals surface area contributed by atoms with E-state index in [0.29, 0.717) is 0 Å². The molecule has 3 nitrogen and oxygen atoms in total. The Bertz CT molecular complexity index is 448. The summed E-state index contributed by atoms with van der Waals surface area (Å²) in [6.07, 6.45) is 2.58. The summed E-state index contributed by atoms with van der Waals surface area (Å²) in [4.78, 5) is 7.30. The summed E-state index contributed by atoms with van der Waals surface area (Å²) in [6.45, 7) is 2.01. The Balaban J connectivity index is 2.47. The maximum absolute atomic E-state index is 5.75. The van der Waals surface area contributed by atoms with Crippen LogP contribution in [0.2, 0.25) is 0 Å². The van der Waals surface area contributed by atoms with Gasteiger partial charge in [-0.05, 0) is 47.0 Å². The summed E-state index contributed by atoms with van der Waals surface area (Å²) < 4.78 is 1.02. The van der Waals surface area contributed by atoms with Crippen LogP contribution in [0.15, 0.2) is 22.9 Å². The summed E-state index contributed by atoms with van der Waals surface area (Å²) >= 11 is 3.49. The first-order chi connectivity index (χ1) is 6.66. The normalized spacial score (nSPS) is 13.4. The number of aromatic nitrogens is 2.